The third-order valence-electron chi connectivity index (χ3n) is 2.49. The first-order valence-corrected chi connectivity index (χ1v) is 5.26. The summed E-state index contributed by atoms with van der Waals surface area (Å²) >= 11 is 0. The highest BCUT2D eigenvalue weighted by molar-refractivity contribution is 5.34. The number of hydrogen-bond acceptors (Lipinski definition) is 6. The van der Waals surface area contributed by atoms with Crippen LogP contribution in [0.3, 0.4) is 0 Å². The van der Waals surface area contributed by atoms with Crippen molar-refractivity contribution >= 4 is 5.95 Å². The van der Waals surface area contributed by atoms with Crippen LogP contribution in [0.2, 0.25) is 0 Å². The van der Waals surface area contributed by atoms with Crippen LogP contribution in [0.5, 0.6) is 11.8 Å². The number of anilines is 1. The molecule has 2 rings (SSSR count). The molecule has 1 unspecified atom stereocenters. The third-order valence-corrected chi connectivity index (χ3v) is 2.49. The molecule has 0 aliphatic carbocycles. The van der Waals surface area contributed by atoms with E-state index in [0.717, 1.165) is 19.5 Å². The average Bonchev–Trinajstić information content (AvgIpc) is 2.81. The highest BCUT2D eigenvalue weighted by atomic mass is 16.5. The summed E-state index contributed by atoms with van der Waals surface area (Å²) in [4.78, 5) is 8.42. The number of aromatic nitrogens is 2. The standard InChI is InChI=1S/C10H16N4O2/c1-15-8-5-9(16-2)14-10(13-8)12-7-3-4-11-6-7/h5,7,11H,3-4,6H2,1-2H3,(H,12,13,14). The van der Waals surface area contributed by atoms with Crippen molar-refractivity contribution in [3.8, 4) is 11.8 Å². The van der Waals surface area contributed by atoms with Gasteiger partial charge < -0.3 is 20.1 Å². The molecule has 1 aromatic heterocycles. The Hall–Kier alpha value is -1.56. The van der Waals surface area contributed by atoms with Crippen LogP contribution in [-0.4, -0.2) is 43.3 Å². The van der Waals surface area contributed by atoms with Gasteiger partial charge in [-0.25, -0.2) is 0 Å². The molecule has 88 valence electrons. The summed E-state index contributed by atoms with van der Waals surface area (Å²) in [6.07, 6.45) is 1.07. The summed E-state index contributed by atoms with van der Waals surface area (Å²) in [6.45, 7) is 1.96. The van der Waals surface area contributed by atoms with E-state index < -0.39 is 0 Å². The molecule has 1 aromatic rings. The van der Waals surface area contributed by atoms with Gasteiger partial charge in [-0.1, -0.05) is 0 Å². The van der Waals surface area contributed by atoms with Crippen molar-refractivity contribution in [1.29, 1.82) is 0 Å². The lowest BCUT2D eigenvalue weighted by Gasteiger charge is -2.12. The van der Waals surface area contributed by atoms with E-state index in [0.29, 0.717) is 23.8 Å². The highest BCUT2D eigenvalue weighted by Gasteiger charge is 2.16. The normalized spacial score (nSPS) is 19.5. The minimum Gasteiger partial charge on any atom is -0.481 e. The van der Waals surface area contributed by atoms with E-state index in [1.807, 2.05) is 0 Å². The lowest BCUT2D eigenvalue weighted by Crippen LogP contribution is -2.23. The topological polar surface area (TPSA) is 68.3 Å². The molecule has 0 bridgehead atoms. The fourth-order valence-corrected chi connectivity index (χ4v) is 1.64. The van der Waals surface area contributed by atoms with Crippen molar-refractivity contribution in [3.05, 3.63) is 6.07 Å². The molecule has 16 heavy (non-hydrogen) atoms. The summed E-state index contributed by atoms with van der Waals surface area (Å²) in [6, 6.07) is 2.02. The third kappa shape index (κ3) is 2.52. The van der Waals surface area contributed by atoms with Gasteiger partial charge >= 0.3 is 0 Å². The molecule has 0 radical (unpaired) electrons. The summed E-state index contributed by atoms with van der Waals surface area (Å²) < 4.78 is 10.2. The largest absolute Gasteiger partial charge is 0.481 e. The van der Waals surface area contributed by atoms with E-state index in [2.05, 4.69) is 20.6 Å². The van der Waals surface area contributed by atoms with Crippen molar-refractivity contribution in [2.45, 2.75) is 12.5 Å². The number of rotatable bonds is 4. The van der Waals surface area contributed by atoms with Gasteiger partial charge in [0.15, 0.2) is 0 Å². The van der Waals surface area contributed by atoms with Crippen LogP contribution >= 0.6 is 0 Å². The van der Waals surface area contributed by atoms with Gasteiger partial charge in [0.2, 0.25) is 17.7 Å². The van der Waals surface area contributed by atoms with Crippen LogP contribution in [-0.2, 0) is 0 Å². The Labute approximate surface area is 94.4 Å². The minimum atomic E-state index is 0.372. The van der Waals surface area contributed by atoms with Crippen molar-refractivity contribution in [2.75, 3.05) is 32.6 Å². The van der Waals surface area contributed by atoms with Gasteiger partial charge in [0.1, 0.15) is 0 Å². The quantitative estimate of drug-likeness (QED) is 0.765. The van der Waals surface area contributed by atoms with Crippen LogP contribution in [0.1, 0.15) is 6.42 Å². The molecule has 0 spiro atoms. The fraction of sp³-hybridized carbons (Fsp3) is 0.600. The predicted molar refractivity (Wildman–Crippen MR) is 60.0 cm³/mol. The number of nitrogens with zero attached hydrogens (tertiary/aromatic N) is 2. The van der Waals surface area contributed by atoms with E-state index in [4.69, 9.17) is 9.47 Å². The van der Waals surface area contributed by atoms with Crippen molar-refractivity contribution in [2.24, 2.45) is 0 Å². The first-order valence-electron chi connectivity index (χ1n) is 5.26. The van der Waals surface area contributed by atoms with Crippen LogP contribution in [0.25, 0.3) is 0 Å². The van der Waals surface area contributed by atoms with Gasteiger partial charge in [-0.05, 0) is 13.0 Å². The molecule has 0 aromatic carbocycles. The van der Waals surface area contributed by atoms with Crippen LogP contribution < -0.4 is 20.1 Å². The first kappa shape index (κ1) is 10.9. The van der Waals surface area contributed by atoms with Crippen LogP contribution in [0, 0.1) is 0 Å². The Bertz CT molecular complexity index is 330. The van der Waals surface area contributed by atoms with E-state index in [1.165, 1.54) is 0 Å². The lowest BCUT2D eigenvalue weighted by molar-refractivity contribution is 0.372. The molecule has 1 aliphatic heterocycles. The maximum atomic E-state index is 5.08. The summed E-state index contributed by atoms with van der Waals surface area (Å²) in [7, 11) is 3.14. The monoisotopic (exact) mass is 224 g/mol. The Kier molecular flexibility index (Phi) is 3.40. The van der Waals surface area contributed by atoms with Gasteiger partial charge in [-0.15, -0.1) is 0 Å². The molecule has 2 N–H and O–H groups in total. The SMILES string of the molecule is COc1cc(OC)nc(NC2CCNC2)n1. The maximum absolute atomic E-state index is 5.08. The predicted octanol–water partition coefficient (Wildman–Crippen LogP) is 0.268. The van der Waals surface area contributed by atoms with Gasteiger partial charge in [0.25, 0.3) is 0 Å². The highest BCUT2D eigenvalue weighted by Crippen LogP contribution is 2.18. The fourth-order valence-electron chi connectivity index (χ4n) is 1.64. The summed E-state index contributed by atoms with van der Waals surface area (Å²) in [5.41, 5.74) is 0. The molecule has 1 fully saturated rings. The number of hydrogen-bond donors (Lipinski definition) is 2. The second-order valence-corrected chi connectivity index (χ2v) is 3.61. The number of nitrogens with one attached hydrogen (secondary N) is 2. The number of ether oxygens (including phenoxy) is 2. The zero-order valence-corrected chi connectivity index (χ0v) is 9.49. The summed E-state index contributed by atoms with van der Waals surface area (Å²) in [5, 5.41) is 6.51. The molecule has 1 aliphatic rings. The van der Waals surface area contributed by atoms with E-state index in [-0.39, 0.29) is 0 Å². The molecular formula is C10H16N4O2. The van der Waals surface area contributed by atoms with E-state index >= 15 is 0 Å². The zero-order valence-electron chi connectivity index (χ0n) is 9.49. The van der Waals surface area contributed by atoms with Crippen molar-refractivity contribution in [3.63, 3.8) is 0 Å². The molecule has 0 saturated carbocycles. The van der Waals surface area contributed by atoms with Gasteiger partial charge in [0.05, 0.1) is 20.3 Å². The molecular weight excluding hydrogens is 208 g/mol. The first-order chi connectivity index (χ1) is 7.81. The molecule has 6 heteroatoms. The second-order valence-electron chi connectivity index (χ2n) is 3.61. The Morgan fingerprint density at radius 1 is 1.31 bits per heavy atom. The van der Waals surface area contributed by atoms with E-state index in [9.17, 15) is 0 Å². The van der Waals surface area contributed by atoms with Crippen LogP contribution in [0.4, 0.5) is 5.95 Å². The second kappa shape index (κ2) is 4.98. The average molecular weight is 224 g/mol. The minimum absolute atomic E-state index is 0.372. The lowest BCUT2D eigenvalue weighted by atomic mass is 10.3. The Morgan fingerprint density at radius 3 is 2.50 bits per heavy atom. The van der Waals surface area contributed by atoms with Crippen molar-refractivity contribution < 1.29 is 9.47 Å². The van der Waals surface area contributed by atoms with Crippen LogP contribution in [0.15, 0.2) is 6.07 Å². The zero-order chi connectivity index (χ0) is 11.4. The molecule has 0 amide bonds. The summed E-state index contributed by atoms with van der Waals surface area (Å²) in [5.74, 6) is 1.55. The van der Waals surface area contributed by atoms with Crippen molar-refractivity contribution in [1.82, 2.24) is 15.3 Å². The van der Waals surface area contributed by atoms with E-state index in [1.54, 1.807) is 20.3 Å². The Morgan fingerprint density at radius 2 is 2.00 bits per heavy atom. The molecule has 2 heterocycles. The molecule has 1 saturated heterocycles. The smallest absolute Gasteiger partial charge is 0.229 e. The van der Waals surface area contributed by atoms with Gasteiger partial charge in [0, 0.05) is 12.6 Å². The van der Waals surface area contributed by atoms with Gasteiger partial charge in [-0.2, -0.15) is 9.97 Å². The molecule has 1 atom stereocenters. The number of methoxy groups -OCH3 is 2. The van der Waals surface area contributed by atoms with Gasteiger partial charge in [-0.3, -0.25) is 0 Å². The Balaban J connectivity index is 2.12. The maximum Gasteiger partial charge on any atom is 0.229 e. The molecule has 6 nitrogen and oxygen atoms in total.